The molecule has 0 fully saturated rings. The van der Waals surface area contributed by atoms with Crippen LogP contribution in [0.5, 0.6) is 0 Å². The normalized spacial score (nSPS) is 18.4. The molecule has 0 bridgehead atoms. The van der Waals surface area contributed by atoms with Crippen molar-refractivity contribution in [2.75, 3.05) is 0 Å². The number of hydrogen-bond donors (Lipinski definition) is 1. The Morgan fingerprint density at radius 1 is 1.43 bits per heavy atom. The number of amides is 1. The Morgan fingerprint density at radius 2 is 2.09 bits per heavy atom. The van der Waals surface area contributed by atoms with Gasteiger partial charge < -0.3 is 0 Å². The highest BCUT2D eigenvalue weighted by Gasteiger charge is 2.32. The summed E-state index contributed by atoms with van der Waals surface area (Å²) < 4.78 is 0. The minimum Gasteiger partial charge on any atom is -0.299 e. The monoisotopic (exact) mass is 334 g/mol. The van der Waals surface area contributed by atoms with E-state index in [2.05, 4.69) is 10.5 Å². The van der Waals surface area contributed by atoms with Gasteiger partial charge in [0.1, 0.15) is 5.78 Å². The van der Waals surface area contributed by atoms with Gasteiger partial charge in [0.25, 0.3) is 0 Å². The first-order valence-corrected chi connectivity index (χ1v) is 8.27. The molecule has 1 atom stereocenters. The lowest BCUT2D eigenvalue weighted by atomic mass is 9.76. The fourth-order valence-electron chi connectivity index (χ4n) is 3.07. The molecule has 0 saturated carbocycles. The quantitative estimate of drug-likeness (QED) is 0.911. The zero-order valence-corrected chi connectivity index (χ0v) is 15.0. The Labute approximate surface area is 142 Å². The number of hydrazone groups is 1. The van der Waals surface area contributed by atoms with Crippen LogP contribution >= 0.6 is 11.6 Å². The van der Waals surface area contributed by atoms with Gasteiger partial charge in [0.15, 0.2) is 0 Å². The van der Waals surface area contributed by atoms with Crippen LogP contribution in [0.3, 0.4) is 0 Å². The fourth-order valence-corrected chi connectivity index (χ4v) is 3.29. The molecule has 4 nitrogen and oxygen atoms in total. The van der Waals surface area contributed by atoms with Crippen LogP contribution in [0, 0.1) is 12.8 Å². The van der Waals surface area contributed by atoms with Crippen molar-refractivity contribution in [3.8, 4) is 0 Å². The third-order valence-corrected chi connectivity index (χ3v) is 4.98. The maximum absolute atomic E-state index is 12.4. The van der Waals surface area contributed by atoms with Crippen molar-refractivity contribution in [3.63, 3.8) is 0 Å². The Balaban J connectivity index is 2.57. The second kappa shape index (κ2) is 6.44. The zero-order valence-electron chi connectivity index (χ0n) is 14.3. The molecule has 124 valence electrons. The van der Waals surface area contributed by atoms with E-state index in [1.54, 1.807) is 0 Å². The van der Waals surface area contributed by atoms with Crippen LogP contribution in [0.4, 0.5) is 0 Å². The molecular formula is C18H23ClN2O2. The minimum atomic E-state index is -0.611. The van der Waals surface area contributed by atoms with Crippen molar-refractivity contribution in [1.29, 1.82) is 0 Å². The standard InChI is InChI=1S/C18H23ClN2O2/c1-6-15(22)18(4,5)13-8-12(9-14(19)11(13)3)17-10(2)7-16(23)20-21-17/h8-10H,6-7H2,1-5H3,(H,20,23)/t10-/m1/s1. The molecule has 0 spiro atoms. The number of ketones is 1. The van der Waals surface area contributed by atoms with E-state index < -0.39 is 5.41 Å². The average Bonchev–Trinajstić information content (AvgIpc) is 2.48. The second-order valence-electron chi connectivity index (χ2n) is 6.67. The number of carbonyl (C=O) groups excluding carboxylic acids is 2. The Morgan fingerprint density at radius 3 is 2.65 bits per heavy atom. The van der Waals surface area contributed by atoms with E-state index in [-0.39, 0.29) is 17.6 Å². The predicted molar refractivity (Wildman–Crippen MR) is 93.0 cm³/mol. The van der Waals surface area contributed by atoms with Crippen LogP contribution in [0.25, 0.3) is 0 Å². The number of hydrogen-bond acceptors (Lipinski definition) is 3. The maximum atomic E-state index is 12.4. The van der Waals surface area contributed by atoms with Gasteiger partial charge in [-0.25, -0.2) is 5.43 Å². The van der Waals surface area contributed by atoms with Crippen molar-refractivity contribution in [1.82, 2.24) is 5.43 Å². The number of carbonyl (C=O) groups is 2. The van der Waals surface area contributed by atoms with Gasteiger partial charge in [-0.2, -0.15) is 5.10 Å². The molecule has 1 amide bonds. The van der Waals surface area contributed by atoms with Crippen LogP contribution in [-0.4, -0.2) is 17.4 Å². The summed E-state index contributed by atoms with van der Waals surface area (Å²) in [5.41, 5.74) is 5.40. The molecular weight excluding hydrogens is 312 g/mol. The van der Waals surface area contributed by atoms with Gasteiger partial charge in [0.2, 0.25) is 5.91 Å². The summed E-state index contributed by atoms with van der Waals surface area (Å²) >= 11 is 6.41. The van der Waals surface area contributed by atoms with Crippen molar-refractivity contribution in [3.05, 3.63) is 33.8 Å². The first kappa shape index (κ1) is 17.7. The Bertz CT molecular complexity index is 693. The third kappa shape index (κ3) is 3.32. The number of rotatable bonds is 4. The van der Waals surface area contributed by atoms with Gasteiger partial charge in [0.05, 0.1) is 5.71 Å². The molecule has 1 N–H and O–H groups in total. The molecule has 2 rings (SSSR count). The number of nitrogens with zero attached hydrogens (tertiary/aromatic N) is 1. The molecule has 0 radical (unpaired) electrons. The Hall–Kier alpha value is -1.68. The lowest BCUT2D eigenvalue weighted by molar-refractivity contribution is -0.123. The van der Waals surface area contributed by atoms with Gasteiger partial charge >= 0.3 is 0 Å². The first-order chi connectivity index (χ1) is 10.7. The van der Waals surface area contributed by atoms with Gasteiger partial charge in [-0.3, -0.25) is 9.59 Å². The van der Waals surface area contributed by atoms with Crippen LogP contribution in [0.2, 0.25) is 5.02 Å². The van der Waals surface area contributed by atoms with Crippen LogP contribution in [-0.2, 0) is 15.0 Å². The lowest BCUT2D eigenvalue weighted by Gasteiger charge is -2.28. The number of halogens is 1. The van der Waals surface area contributed by atoms with E-state index in [9.17, 15) is 9.59 Å². The van der Waals surface area contributed by atoms with Crippen LogP contribution < -0.4 is 5.43 Å². The summed E-state index contributed by atoms with van der Waals surface area (Å²) in [5.74, 6) is 0.0993. The number of benzene rings is 1. The smallest absolute Gasteiger partial charge is 0.240 e. The summed E-state index contributed by atoms with van der Waals surface area (Å²) in [5, 5.41) is 4.81. The van der Waals surface area contributed by atoms with Crippen molar-refractivity contribution >= 4 is 29.0 Å². The van der Waals surface area contributed by atoms with Crippen LogP contribution in [0.1, 0.15) is 57.2 Å². The molecule has 1 aliphatic rings. The second-order valence-corrected chi connectivity index (χ2v) is 7.08. The van der Waals surface area contributed by atoms with E-state index in [1.807, 2.05) is 46.8 Å². The SMILES string of the molecule is CCC(=O)C(C)(C)c1cc(C2=NNC(=O)C[C@H]2C)cc(Cl)c1C. The maximum Gasteiger partial charge on any atom is 0.240 e. The summed E-state index contributed by atoms with van der Waals surface area (Å²) in [4.78, 5) is 23.8. The zero-order chi connectivity index (χ0) is 17.4. The summed E-state index contributed by atoms with van der Waals surface area (Å²) in [6.07, 6.45) is 0.874. The predicted octanol–water partition coefficient (Wildman–Crippen LogP) is 3.77. The van der Waals surface area contributed by atoms with E-state index >= 15 is 0 Å². The molecule has 0 unspecified atom stereocenters. The van der Waals surface area contributed by atoms with E-state index in [0.717, 1.165) is 22.4 Å². The van der Waals surface area contributed by atoms with Crippen LogP contribution in [0.15, 0.2) is 17.2 Å². The van der Waals surface area contributed by atoms with Gasteiger partial charge in [-0.05, 0) is 49.6 Å². The van der Waals surface area contributed by atoms with Gasteiger partial charge in [-0.15, -0.1) is 0 Å². The van der Waals surface area contributed by atoms with E-state index in [0.29, 0.717) is 17.9 Å². The molecule has 0 aromatic heterocycles. The first-order valence-electron chi connectivity index (χ1n) is 7.89. The molecule has 1 heterocycles. The number of nitrogens with one attached hydrogen (secondary N) is 1. The molecule has 23 heavy (non-hydrogen) atoms. The average molecular weight is 335 g/mol. The van der Waals surface area contributed by atoms with E-state index in [1.165, 1.54) is 0 Å². The lowest BCUT2D eigenvalue weighted by Crippen LogP contribution is -2.33. The van der Waals surface area contributed by atoms with Crippen molar-refractivity contribution in [2.24, 2.45) is 11.0 Å². The molecule has 1 aromatic carbocycles. The molecule has 5 heteroatoms. The third-order valence-electron chi connectivity index (χ3n) is 4.59. The summed E-state index contributed by atoms with van der Waals surface area (Å²) in [7, 11) is 0. The Kier molecular flexibility index (Phi) is 4.95. The minimum absolute atomic E-state index is 0.0142. The molecule has 0 aliphatic carbocycles. The highest BCUT2D eigenvalue weighted by molar-refractivity contribution is 6.32. The molecule has 0 saturated heterocycles. The highest BCUT2D eigenvalue weighted by atomic mass is 35.5. The van der Waals surface area contributed by atoms with Gasteiger partial charge in [0, 0.05) is 29.2 Å². The summed E-state index contributed by atoms with van der Waals surface area (Å²) in [6.45, 7) is 9.62. The topological polar surface area (TPSA) is 58.5 Å². The van der Waals surface area contributed by atoms with E-state index in [4.69, 9.17) is 11.6 Å². The van der Waals surface area contributed by atoms with Gasteiger partial charge in [-0.1, -0.05) is 25.4 Å². The number of Topliss-reactive ketones (excluding diaryl/α,β-unsaturated/α-hetero) is 1. The summed E-state index contributed by atoms with van der Waals surface area (Å²) in [6, 6.07) is 3.85. The highest BCUT2D eigenvalue weighted by Crippen LogP contribution is 2.34. The fraction of sp³-hybridized carbons (Fsp3) is 0.500. The van der Waals surface area contributed by atoms with Crippen molar-refractivity contribution < 1.29 is 9.59 Å². The molecule has 1 aromatic rings. The largest absolute Gasteiger partial charge is 0.299 e. The molecule has 1 aliphatic heterocycles. The van der Waals surface area contributed by atoms with Crippen molar-refractivity contribution in [2.45, 2.75) is 52.9 Å².